The highest BCUT2D eigenvalue weighted by molar-refractivity contribution is 5.95. The molecule has 0 aliphatic carbocycles. The van der Waals surface area contributed by atoms with Crippen molar-refractivity contribution in [2.24, 2.45) is 5.92 Å². The van der Waals surface area contributed by atoms with Gasteiger partial charge in [0, 0.05) is 43.3 Å². The van der Waals surface area contributed by atoms with Crippen molar-refractivity contribution in [3.05, 3.63) is 54.9 Å². The Hall–Kier alpha value is -3.19. The first kappa shape index (κ1) is 24.0. The molecule has 0 bridgehead atoms. The predicted octanol–water partition coefficient (Wildman–Crippen LogP) is 3.94. The number of carbonyl (C=O) groups excluding carboxylic acids is 2. The van der Waals surface area contributed by atoms with E-state index in [0.717, 1.165) is 35.1 Å². The van der Waals surface area contributed by atoms with Crippen molar-refractivity contribution in [3.8, 4) is 0 Å². The number of benzene rings is 1. The lowest BCUT2D eigenvalue weighted by molar-refractivity contribution is -0.135. The fraction of sp³-hybridized carbons (Fsp3) is 0.444. The van der Waals surface area contributed by atoms with E-state index in [1.165, 1.54) is 12.8 Å². The zero-order chi connectivity index (χ0) is 24.1. The Labute approximate surface area is 202 Å². The van der Waals surface area contributed by atoms with E-state index >= 15 is 0 Å². The Kier molecular flexibility index (Phi) is 7.63. The van der Waals surface area contributed by atoms with Gasteiger partial charge in [0.25, 0.3) is 0 Å². The largest absolute Gasteiger partial charge is 0.351 e. The van der Waals surface area contributed by atoms with Crippen LogP contribution in [0.5, 0.6) is 0 Å². The summed E-state index contributed by atoms with van der Waals surface area (Å²) in [5, 5.41) is 5.03. The van der Waals surface area contributed by atoms with Crippen LogP contribution in [0.25, 0.3) is 16.5 Å². The molecular formula is C27H35N5O2. The number of nitrogens with zero attached hydrogens (tertiary/aromatic N) is 4. The van der Waals surface area contributed by atoms with Crippen LogP contribution >= 0.6 is 0 Å². The van der Waals surface area contributed by atoms with Crippen LogP contribution in [0.2, 0.25) is 0 Å². The molecule has 2 aliphatic heterocycles. The minimum absolute atomic E-state index is 0.0184. The topological polar surface area (TPSA) is 68.8 Å². The molecule has 3 heterocycles. The number of fused-ring (bicyclic) bond motifs is 1. The molecule has 7 nitrogen and oxygen atoms in total. The Morgan fingerprint density at radius 2 is 1.88 bits per heavy atom. The molecule has 0 unspecified atom stereocenters. The van der Waals surface area contributed by atoms with Gasteiger partial charge in [0.05, 0.1) is 6.54 Å². The minimum Gasteiger partial charge on any atom is -0.351 e. The monoisotopic (exact) mass is 461 g/mol. The van der Waals surface area contributed by atoms with Crippen molar-refractivity contribution < 1.29 is 9.59 Å². The fourth-order valence-corrected chi connectivity index (χ4v) is 4.89. The molecule has 4 rings (SSSR count). The highest BCUT2D eigenvalue weighted by Gasteiger charge is 2.28. The van der Waals surface area contributed by atoms with Gasteiger partial charge in [-0.05, 0) is 75.0 Å². The lowest BCUT2D eigenvalue weighted by Crippen LogP contribution is -2.45. The molecule has 0 atom stereocenters. The quantitative estimate of drug-likeness (QED) is 0.676. The summed E-state index contributed by atoms with van der Waals surface area (Å²) < 4.78 is 0. The van der Waals surface area contributed by atoms with E-state index in [1.54, 1.807) is 12.4 Å². The highest BCUT2D eigenvalue weighted by atomic mass is 16.2. The maximum absolute atomic E-state index is 12.9. The van der Waals surface area contributed by atoms with E-state index in [1.807, 2.05) is 35.9 Å². The first-order chi connectivity index (χ1) is 16.5. The molecule has 180 valence electrons. The molecule has 2 aliphatic rings. The van der Waals surface area contributed by atoms with E-state index < -0.39 is 0 Å². The standard InChI is InChI=1S/C27H35N5O2/c1-4-24(30(3)5-2)21-8-9-22-18-28-25(17-23(22)16-21)29-27(34)20-10-14-32(15-11-20)26(33)19-31-12-6-7-13-31/h4-5,8-9,16-18,20H,2,6-7,10-15,19H2,1,3H3,(H,28,29,34)/b24-4-. The Bertz CT molecular complexity index is 1080. The van der Waals surface area contributed by atoms with Gasteiger partial charge in [0.15, 0.2) is 0 Å². The zero-order valence-electron chi connectivity index (χ0n) is 20.3. The number of rotatable bonds is 7. The number of likely N-dealkylation sites (tertiary alicyclic amines) is 2. The molecule has 2 aromatic rings. The molecule has 2 saturated heterocycles. The lowest BCUT2D eigenvalue weighted by Gasteiger charge is -2.32. The molecule has 1 aromatic heterocycles. The van der Waals surface area contributed by atoms with Gasteiger partial charge < -0.3 is 15.1 Å². The Morgan fingerprint density at radius 3 is 2.56 bits per heavy atom. The van der Waals surface area contributed by atoms with Crippen molar-refractivity contribution in [3.63, 3.8) is 0 Å². The average molecular weight is 462 g/mol. The van der Waals surface area contributed by atoms with Crippen LogP contribution in [-0.4, -0.2) is 71.3 Å². The summed E-state index contributed by atoms with van der Waals surface area (Å²) in [7, 11) is 1.97. The van der Waals surface area contributed by atoms with E-state index in [0.29, 0.717) is 38.3 Å². The van der Waals surface area contributed by atoms with Gasteiger partial charge in [-0.1, -0.05) is 24.8 Å². The third kappa shape index (κ3) is 5.47. The molecule has 2 amide bonds. The number of hydrogen-bond donors (Lipinski definition) is 1. The molecular weight excluding hydrogens is 426 g/mol. The van der Waals surface area contributed by atoms with Gasteiger partial charge in [-0.2, -0.15) is 0 Å². The smallest absolute Gasteiger partial charge is 0.236 e. The van der Waals surface area contributed by atoms with Crippen LogP contribution in [0.1, 0.15) is 38.2 Å². The predicted molar refractivity (Wildman–Crippen MR) is 137 cm³/mol. The maximum atomic E-state index is 12.9. The number of piperidine rings is 1. The van der Waals surface area contributed by atoms with Crippen molar-refractivity contribution in [2.45, 2.75) is 32.6 Å². The van der Waals surface area contributed by atoms with E-state index in [2.05, 4.69) is 40.0 Å². The number of amides is 2. The third-order valence-electron chi connectivity index (χ3n) is 6.97. The zero-order valence-corrected chi connectivity index (χ0v) is 20.3. The van der Waals surface area contributed by atoms with Crippen LogP contribution in [0.15, 0.2) is 49.3 Å². The highest BCUT2D eigenvalue weighted by Crippen LogP contribution is 2.25. The molecule has 0 spiro atoms. The lowest BCUT2D eigenvalue weighted by atomic mass is 9.95. The van der Waals surface area contributed by atoms with Gasteiger partial charge in [-0.15, -0.1) is 0 Å². The summed E-state index contributed by atoms with van der Waals surface area (Å²) in [6.45, 7) is 9.69. The molecule has 34 heavy (non-hydrogen) atoms. The van der Waals surface area contributed by atoms with Crippen molar-refractivity contribution in [2.75, 3.05) is 45.1 Å². The van der Waals surface area contributed by atoms with Gasteiger partial charge in [0.2, 0.25) is 11.8 Å². The average Bonchev–Trinajstić information content (AvgIpc) is 3.37. The summed E-state index contributed by atoms with van der Waals surface area (Å²) >= 11 is 0. The third-order valence-corrected chi connectivity index (χ3v) is 6.97. The summed E-state index contributed by atoms with van der Waals surface area (Å²) in [6.07, 6.45) is 9.37. The number of allylic oxidation sites excluding steroid dienone is 1. The SMILES string of the molecule is C=CN(C)/C(=C\C)c1ccc2cnc(NC(=O)C3CCN(C(=O)CN4CCCC4)CC3)cc2c1. The first-order valence-electron chi connectivity index (χ1n) is 12.2. The van der Waals surface area contributed by atoms with Crippen LogP contribution in [0, 0.1) is 5.92 Å². The molecule has 7 heteroatoms. The van der Waals surface area contributed by atoms with Gasteiger partial charge in [-0.3, -0.25) is 14.5 Å². The Balaban J connectivity index is 1.37. The fourth-order valence-electron chi connectivity index (χ4n) is 4.89. The van der Waals surface area contributed by atoms with Crippen molar-refractivity contribution in [1.29, 1.82) is 0 Å². The summed E-state index contributed by atoms with van der Waals surface area (Å²) in [5.41, 5.74) is 2.14. The summed E-state index contributed by atoms with van der Waals surface area (Å²) in [5.74, 6) is 0.627. The summed E-state index contributed by atoms with van der Waals surface area (Å²) in [6, 6.07) is 8.13. The van der Waals surface area contributed by atoms with Gasteiger partial charge in [-0.25, -0.2) is 4.98 Å². The van der Waals surface area contributed by atoms with Crippen LogP contribution in [0.4, 0.5) is 5.82 Å². The van der Waals surface area contributed by atoms with E-state index in [4.69, 9.17) is 0 Å². The number of anilines is 1. The molecule has 0 saturated carbocycles. The van der Waals surface area contributed by atoms with Crippen LogP contribution < -0.4 is 5.32 Å². The minimum atomic E-state index is -0.101. The number of aromatic nitrogens is 1. The number of carbonyl (C=O) groups is 2. The molecule has 2 fully saturated rings. The second-order valence-electron chi connectivity index (χ2n) is 9.23. The number of hydrogen-bond acceptors (Lipinski definition) is 5. The number of pyridine rings is 1. The molecule has 1 aromatic carbocycles. The Morgan fingerprint density at radius 1 is 1.15 bits per heavy atom. The second kappa shape index (κ2) is 10.8. The maximum Gasteiger partial charge on any atom is 0.236 e. The van der Waals surface area contributed by atoms with Crippen molar-refractivity contribution in [1.82, 2.24) is 19.7 Å². The van der Waals surface area contributed by atoms with E-state index in [-0.39, 0.29) is 17.7 Å². The van der Waals surface area contributed by atoms with Crippen molar-refractivity contribution >= 4 is 34.1 Å². The van der Waals surface area contributed by atoms with Crippen LogP contribution in [-0.2, 0) is 9.59 Å². The first-order valence-corrected chi connectivity index (χ1v) is 12.2. The molecule has 0 radical (unpaired) electrons. The second-order valence-corrected chi connectivity index (χ2v) is 9.23. The van der Waals surface area contributed by atoms with Gasteiger partial charge >= 0.3 is 0 Å². The van der Waals surface area contributed by atoms with E-state index in [9.17, 15) is 9.59 Å². The normalized spacial score (nSPS) is 17.7. The van der Waals surface area contributed by atoms with Gasteiger partial charge in [0.1, 0.15) is 5.82 Å². The summed E-state index contributed by atoms with van der Waals surface area (Å²) in [4.78, 5) is 36.1. The number of nitrogens with one attached hydrogen (secondary N) is 1. The van der Waals surface area contributed by atoms with Crippen LogP contribution in [0.3, 0.4) is 0 Å². The molecule has 1 N–H and O–H groups in total.